The summed E-state index contributed by atoms with van der Waals surface area (Å²) in [5, 5.41) is 0. The molecule has 0 aromatic heterocycles. The monoisotopic (exact) mass is 208 g/mol. The van der Waals surface area contributed by atoms with Crippen molar-refractivity contribution in [1.29, 1.82) is 0 Å². The van der Waals surface area contributed by atoms with Crippen LogP contribution < -0.4 is 9.47 Å². The maximum atomic E-state index is 10.7. The second-order valence-electron chi connectivity index (χ2n) is 3.15. The molecule has 0 amide bonds. The van der Waals surface area contributed by atoms with Crippen molar-refractivity contribution >= 4 is 6.29 Å². The molecule has 0 heterocycles. The van der Waals surface area contributed by atoms with E-state index in [-0.39, 0.29) is 0 Å². The summed E-state index contributed by atoms with van der Waals surface area (Å²) < 4.78 is 10.9. The van der Waals surface area contributed by atoms with Gasteiger partial charge in [0.25, 0.3) is 0 Å². The van der Waals surface area contributed by atoms with Gasteiger partial charge in [-0.25, -0.2) is 0 Å². The van der Waals surface area contributed by atoms with Gasteiger partial charge in [-0.2, -0.15) is 0 Å². The number of carbonyl (C=O) groups excluding carboxylic acids is 1. The molecule has 82 valence electrons. The number of ether oxygens (including phenoxy) is 2. The molecule has 3 nitrogen and oxygen atoms in total. The average molecular weight is 208 g/mol. The molecule has 0 aliphatic carbocycles. The van der Waals surface area contributed by atoms with Crippen molar-refractivity contribution in [3.8, 4) is 11.5 Å². The number of hydrogen-bond acceptors (Lipinski definition) is 3. The van der Waals surface area contributed by atoms with Crippen LogP contribution in [0.1, 0.15) is 29.8 Å². The highest BCUT2D eigenvalue weighted by atomic mass is 16.5. The first kappa shape index (κ1) is 11.6. The third kappa shape index (κ3) is 2.72. The maximum Gasteiger partial charge on any atom is 0.164 e. The van der Waals surface area contributed by atoms with Crippen molar-refractivity contribution in [3.63, 3.8) is 0 Å². The Bertz CT molecular complexity index is 345. The number of carbonyl (C=O) groups is 1. The highest BCUT2D eigenvalue weighted by Crippen LogP contribution is 2.32. The standard InChI is InChI=1S/C12H16O3/c1-4-14-11-7-10(8-13)6-9(3)12(11)15-5-2/h6-8H,4-5H2,1-3H3. The van der Waals surface area contributed by atoms with Gasteiger partial charge in [0.2, 0.25) is 0 Å². The molecular formula is C12H16O3. The van der Waals surface area contributed by atoms with E-state index in [4.69, 9.17) is 9.47 Å². The Morgan fingerprint density at radius 3 is 2.40 bits per heavy atom. The minimum Gasteiger partial charge on any atom is -0.490 e. The molecule has 1 aromatic rings. The Balaban J connectivity index is 3.15. The van der Waals surface area contributed by atoms with Crippen LogP contribution in [-0.2, 0) is 0 Å². The lowest BCUT2D eigenvalue weighted by Gasteiger charge is -2.13. The molecule has 0 radical (unpaired) electrons. The van der Waals surface area contributed by atoms with E-state index in [0.29, 0.717) is 24.5 Å². The molecule has 0 atom stereocenters. The number of benzene rings is 1. The van der Waals surface area contributed by atoms with Gasteiger partial charge < -0.3 is 9.47 Å². The zero-order valence-corrected chi connectivity index (χ0v) is 9.37. The summed E-state index contributed by atoms with van der Waals surface area (Å²) in [6.45, 7) is 6.87. The number of rotatable bonds is 5. The number of aryl methyl sites for hydroxylation is 1. The van der Waals surface area contributed by atoms with Crippen LogP contribution in [0, 0.1) is 6.92 Å². The first-order valence-electron chi connectivity index (χ1n) is 5.08. The molecule has 3 heteroatoms. The van der Waals surface area contributed by atoms with Gasteiger partial charge in [-0.05, 0) is 38.5 Å². The third-order valence-corrected chi connectivity index (χ3v) is 1.99. The van der Waals surface area contributed by atoms with Crippen LogP contribution in [0.15, 0.2) is 12.1 Å². The minimum absolute atomic E-state index is 0.557. The molecule has 0 fully saturated rings. The molecule has 0 aliphatic heterocycles. The maximum absolute atomic E-state index is 10.7. The summed E-state index contributed by atoms with van der Waals surface area (Å²) in [4.78, 5) is 10.7. The van der Waals surface area contributed by atoms with E-state index >= 15 is 0 Å². The van der Waals surface area contributed by atoms with Crippen LogP contribution >= 0.6 is 0 Å². The second-order valence-corrected chi connectivity index (χ2v) is 3.15. The van der Waals surface area contributed by atoms with E-state index in [1.807, 2.05) is 20.8 Å². The summed E-state index contributed by atoms with van der Waals surface area (Å²) in [5.41, 5.74) is 1.53. The fourth-order valence-corrected chi connectivity index (χ4v) is 1.43. The molecule has 15 heavy (non-hydrogen) atoms. The van der Waals surface area contributed by atoms with Gasteiger partial charge in [0.15, 0.2) is 11.5 Å². The lowest BCUT2D eigenvalue weighted by atomic mass is 10.1. The molecule has 0 N–H and O–H groups in total. The summed E-state index contributed by atoms with van der Waals surface area (Å²) in [6, 6.07) is 3.50. The summed E-state index contributed by atoms with van der Waals surface area (Å²) >= 11 is 0. The second kappa shape index (κ2) is 5.39. The topological polar surface area (TPSA) is 35.5 Å². The van der Waals surface area contributed by atoms with Gasteiger partial charge in [0, 0.05) is 5.56 Å². The van der Waals surface area contributed by atoms with Crippen molar-refractivity contribution in [2.45, 2.75) is 20.8 Å². The zero-order chi connectivity index (χ0) is 11.3. The summed E-state index contributed by atoms with van der Waals surface area (Å²) in [6.07, 6.45) is 0.811. The van der Waals surface area contributed by atoms with Crippen LogP contribution in [0.5, 0.6) is 11.5 Å². The SMILES string of the molecule is CCOc1cc(C=O)cc(C)c1OCC. The van der Waals surface area contributed by atoms with E-state index in [2.05, 4.69) is 0 Å². The normalized spacial score (nSPS) is 9.80. The summed E-state index contributed by atoms with van der Waals surface area (Å²) in [5.74, 6) is 1.37. The Morgan fingerprint density at radius 1 is 1.20 bits per heavy atom. The van der Waals surface area contributed by atoms with Crippen LogP contribution in [0.2, 0.25) is 0 Å². The molecule has 0 saturated carbocycles. The Morgan fingerprint density at radius 2 is 1.87 bits per heavy atom. The van der Waals surface area contributed by atoms with Crippen molar-refractivity contribution in [2.75, 3.05) is 13.2 Å². The molecule has 0 saturated heterocycles. The predicted molar refractivity (Wildman–Crippen MR) is 58.9 cm³/mol. The molecule has 0 spiro atoms. The molecule has 1 aromatic carbocycles. The average Bonchev–Trinajstić information content (AvgIpc) is 2.23. The third-order valence-electron chi connectivity index (χ3n) is 1.99. The van der Waals surface area contributed by atoms with Gasteiger partial charge in [0.1, 0.15) is 6.29 Å². The van der Waals surface area contributed by atoms with E-state index in [0.717, 1.165) is 17.6 Å². The fraction of sp³-hybridized carbons (Fsp3) is 0.417. The molecule has 1 rings (SSSR count). The lowest BCUT2D eigenvalue weighted by molar-refractivity contribution is 0.112. The zero-order valence-electron chi connectivity index (χ0n) is 9.37. The highest BCUT2D eigenvalue weighted by Gasteiger charge is 2.09. The number of hydrogen-bond donors (Lipinski definition) is 0. The van der Waals surface area contributed by atoms with Crippen molar-refractivity contribution in [3.05, 3.63) is 23.3 Å². The first-order valence-corrected chi connectivity index (χ1v) is 5.08. The van der Waals surface area contributed by atoms with E-state index < -0.39 is 0 Å². The fourth-order valence-electron chi connectivity index (χ4n) is 1.43. The lowest BCUT2D eigenvalue weighted by Crippen LogP contribution is -2.01. The largest absolute Gasteiger partial charge is 0.490 e. The van der Waals surface area contributed by atoms with Gasteiger partial charge in [-0.3, -0.25) is 4.79 Å². The number of aldehydes is 1. The van der Waals surface area contributed by atoms with Crippen LogP contribution in [0.3, 0.4) is 0 Å². The van der Waals surface area contributed by atoms with E-state index in [1.165, 1.54) is 0 Å². The highest BCUT2D eigenvalue weighted by molar-refractivity contribution is 5.77. The smallest absolute Gasteiger partial charge is 0.164 e. The predicted octanol–water partition coefficient (Wildman–Crippen LogP) is 2.60. The van der Waals surface area contributed by atoms with Gasteiger partial charge in [-0.15, -0.1) is 0 Å². The van der Waals surface area contributed by atoms with Crippen LogP contribution in [0.4, 0.5) is 0 Å². The van der Waals surface area contributed by atoms with Crippen molar-refractivity contribution in [2.24, 2.45) is 0 Å². The minimum atomic E-state index is 0.557. The van der Waals surface area contributed by atoms with Crippen LogP contribution in [0.25, 0.3) is 0 Å². The van der Waals surface area contributed by atoms with E-state index in [9.17, 15) is 4.79 Å². The van der Waals surface area contributed by atoms with Gasteiger partial charge in [-0.1, -0.05) is 0 Å². The Hall–Kier alpha value is -1.51. The van der Waals surface area contributed by atoms with Crippen molar-refractivity contribution < 1.29 is 14.3 Å². The Labute approximate surface area is 90.0 Å². The quantitative estimate of drug-likeness (QED) is 0.698. The molecule has 0 unspecified atom stereocenters. The van der Waals surface area contributed by atoms with Gasteiger partial charge in [0.05, 0.1) is 13.2 Å². The van der Waals surface area contributed by atoms with Gasteiger partial charge >= 0.3 is 0 Å². The molecular weight excluding hydrogens is 192 g/mol. The van der Waals surface area contributed by atoms with Crippen molar-refractivity contribution in [1.82, 2.24) is 0 Å². The van der Waals surface area contributed by atoms with E-state index in [1.54, 1.807) is 12.1 Å². The summed E-state index contributed by atoms with van der Waals surface area (Å²) in [7, 11) is 0. The van der Waals surface area contributed by atoms with Crippen LogP contribution in [-0.4, -0.2) is 19.5 Å². The first-order chi connectivity index (χ1) is 7.22. The molecule has 0 aliphatic rings. The molecule has 0 bridgehead atoms. The Kier molecular flexibility index (Phi) is 4.16.